The number of hydrazine groups is 1. The standard InChI is InChI=1S/C14H19N5O2/c1-10-8-19(9-16-10)12-6-4-11(5-7-13(20)17-15)18(2)14(12)21-3/h4-9,11H,15H2,1-3H3,(H,17,20)/b7-5+/t11-/m1/s1. The molecule has 1 amide bonds. The molecule has 2 heterocycles. The molecular weight excluding hydrogens is 270 g/mol. The van der Waals surface area contributed by atoms with Crippen LogP contribution in [0, 0.1) is 6.92 Å². The Kier molecular flexibility index (Phi) is 4.44. The van der Waals surface area contributed by atoms with Crippen LogP contribution in [-0.2, 0) is 9.53 Å². The lowest BCUT2D eigenvalue weighted by Crippen LogP contribution is -2.33. The van der Waals surface area contributed by atoms with Crippen LogP contribution >= 0.6 is 0 Å². The third kappa shape index (κ3) is 3.14. The van der Waals surface area contributed by atoms with Crippen molar-refractivity contribution in [3.05, 3.63) is 48.4 Å². The number of carbonyl (C=O) groups excluding carboxylic acids is 1. The van der Waals surface area contributed by atoms with Gasteiger partial charge in [-0.3, -0.25) is 10.2 Å². The molecule has 0 aliphatic carbocycles. The van der Waals surface area contributed by atoms with Crippen molar-refractivity contribution >= 4 is 11.6 Å². The SMILES string of the molecule is COC1=C(n2cnc(C)c2)C=C[C@H](/C=C/C(=O)NN)N1C. The highest BCUT2D eigenvalue weighted by Crippen LogP contribution is 2.24. The summed E-state index contributed by atoms with van der Waals surface area (Å²) in [7, 11) is 3.50. The number of nitrogens with zero attached hydrogens (tertiary/aromatic N) is 3. The van der Waals surface area contributed by atoms with E-state index in [1.165, 1.54) is 6.08 Å². The van der Waals surface area contributed by atoms with E-state index >= 15 is 0 Å². The number of aromatic nitrogens is 2. The topological polar surface area (TPSA) is 85.4 Å². The number of amides is 1. The minimum Gasteiger partial charge on any atom is -0.481 e. The van der Waals surface area contributed by atoms with E-state index in [4.69, 9.17) is 10.6 Å². The van der Waals surface area contributed by atoms with Gasteiger partial charge in [-0.2, -0.15) is 0 Å². The second kappa shape index (κ2) is 6.27. The maximum absolute atomic E-state index is 11.2. The van der Waals surface area contributed by atoms with Crippen LogP contribution in [-0.4, -0.2) is 40.6 Å². The van der Waals surface area contributed by atoms with Crippen LogP contribution in [0.25, 0.3) is 5.70 Å². The summed E-state index contributed by atoms with van der Waals surface area (Å²) in [5.74, 6) is 5.39. The number of hydrogen-bond donors (Lipinski definition) is 2. The molecular formula is C14H19N5O2. The fraction of sp³-hybridized carbons (Fsp3) is 0.286. The van der Waals surface area contributed by atoms with Crippen LogP contribution in [0.3, 0.4) is 0 Å². The predicted octanol–water partition coefficient (Wildman–Crippen LogP) is 0.380. The maximum atomic E-state index is 11.2. The molecule has 0 saturated heterocycles. The minimum absolute atomic E-state index is 0.0920. The van der Waals surface area contributed by atoms with Crippen LogP contribution in [0.4, 0.5) is 0 Å². The molecule has 0 radical (unpaired) electrons. The van der Waals surface area contributed by atoms with Gasteiger partial charge in [0.25, 0.3) is 5.91 Å². The number of hydrogen-bond acceptors (Lipinski definition) is 5. The highest BCUT2D eigenvalue weighted by molar-refractivity contribution is 5.87. The van der Waals surface area contributed by atoms with E-state index in [9.17, 15) is 4.79 Å². The molecule has 0 bridgehead atoms. The van der Waals surface area contributed by atoms with Crippen molar-refractivity contribution in [2.24, 2.45) is 5.84 Å². The average Bonchev–Trinajstić information content (AvgIpc) is 2.91. The number of imidazole rings is 1. The van der Waals surface area contributed by atoms with Crippen molar-refractivity contribution in [2.75, 3.05) is 14.2 Å². The number of nitrogens with one attached hydrogen (secondary N) is 1. The average molecular weight is 289 g/mol. The van der Waals surface area contributed by atoms with Crippen molar-refractivity contribution in [3.63, 3.8) is 0 Å². The molecule has 0 unspecified atom stereocenters. The minimum atomic E-state index is -0.351. The van der Waals surface area contributed by atoms with Gasteiger partial charge in [-0.25, -0.2) is 10.8 Å². The third-order valence-corrected chi connectivity index (χ3v) is 3.21. The Labute approximate surface area is 123 Å². The predicted molar refractivity (Wildman–Crippen MR) is 79.4 cm³/mol. The van der Waals surface area contributed by atoms with Gasteiger partial charge in [0.05, 0.1) is 25.2 Å². The Bertz CT molecular complexity index is 615. The molecule has 0 spiro atoms. The van der Waals surface area contributed by atoms with E-state index in [0.29, 0.717) is 5.88 Å². The number of allylic oxidation sites excluding steroid dienone is 2. The molecule has 1 aliphatic rings. The van der Waals surface area contributed by atoms with Crippen LogP contribution in [0.5, 0.6) is 0 Å². The summed E-state index contributed by atoms with van der Waals surface area (Å²) in [6.45, 7) is 1.93. The van der Waals surface area contributed by atoms with Crippen molar-refractivity contribution in [1.29, 1.82) is 0 Å². The lowest BCUT2D eigenvalue weighted by molar-refractivity contribution is -0.116. The van der Waals surface area contributed by atoms with E-state index in [0.717, 1.165) is 11.4 Å². The molecule has 21 heavy (non-hydrogen) atoms. The molecule has 1 atom stereocenters. The van der Waals surface area contributed by atoms with Crippen molar-refractivity contribution < 1.29 is 9.53 Å². The van der Waals surface area contributed by atoms with E-state index < -0.39 is 0 Å². The number of aryl methyl sites for hydroxylation is 1. The number of nitrogens with two attached hydrogens (primary N) is 1. The van der Waals surface area contributed by atoms with Gasteiger partial charge in [-0.15, -0.1) is 0 Å². The molecule has 112 valence electrons. The molecule has 1 aliphatic heterocycles. The normalized spacial score (nSPS) is 18.5. The lowest BCUT2D eigenvalue weighted by Gasteiger charge is -2.31. The van der Waals surface area contributed by atoms with Crippen LogP contribution in [0.15, 0.2) is 42.7 Å². The summed E-state index contributed by atoms with van der Waals surface area (Å²) in [5.41, 5.74) is 3.87. The van der Waals surface area contributed by atoms with Crippen molar-refractivity contribution in [3.8, 4) is 0 Å². The quantitative estimate of drug-likeness (QED) is 0.362. The second-order valence-electron chi connectivity index (χ2n) is 4.65. The van der Waals surface area contributed by atoms with Crippen molar-refractivity contribution in [2.45, 2.75) is 13.0 Å². The summed E-state index contributed by atoms with van der Waals surface area (Å²) >= 11 is 0. The molecule has 1 aromatic heterocycles. The smallest absolute Gasteiger partial charge is 0.257 e. The Morgan fingerprint density at radius 3 is 2.90 bits per heavy atom. The summed E-state index contributed by atoms with van der Waals surface area (Å²) in [5, 5.41) is 0. The summed E-state index contributed by atoms with van der Waals surface area (Å²) < 4.78 is 7.39. The van der Waals surface area contributed by atoms with Gasteiger partial charge >= 0.3 is 0 Å². The first-order valence-electron chi connectivity index (χ1n) is 6.46. The van der Waals surface area contributed by atoms with Gasteiger partial charge in [-0.05, 0) is 13.0 Å². The first-order chi connectivity index (χ1) is 10.1. The van der Waals surface area contributed by atoms with Gasteiger partial charge < -0.3 is 14.2 Å². The Morgan fingerprint density at radius 2 is 2.33 bits per heavy atom. The molecule has 1 aromatic rings. The van der Waals surface area contributed by atoms with Gasteiger partial charge in [0, 0.05) is 19.3 Å². The zero-order valence-corrected chi connectivity index (χ0v) is 12.3. The number of methoxy groups -OCH3 is 1. The van der Waals surface area contributed by atoms with Gasteiger partial charge in [0.15, 0.2) is 0 Å². The maximum Gasteiger partial charge on any atom is 0.257 e. The number of ether oxygens (including phenoxy) is 1. The lowest BCUT2D eigenvalue weighted by atomic mass is 10.1. The molecule has 0 saturated carbocycles. The van der Waals surface area contributed by atoms with E-state index in [1.807, 2.05) is 41.8 Å². The number of rotatable bonds is 4. The van der Waals surface area contributed by atoms with Gasteiger partial charge in [0.2, 0.25) is 5.88 Å². The molecule has 2 rings (SSSR count). The fourth-order valence-electron chi connectivity index (χ4n) is 2.13. The summed E-state index contributed by atoms with van der Waals surface area (Å²) in [6, 6.07) is -0.0920. The zero-order chi connectivity index (χ0) is 15.4. The Hall–Kier alpha value is -2.54. The molecule has 3 N–H and O–H groups in total. The van der Waals surface area contributed by atoms with Crippen LogP contribution < -0.4 is 11.3 Å². The Morgan fingerprint density at radius 1 is 1.57 bits per heavy atom. The highest BCUT2D eigenvalue weighted by Gasteiger charge is 2.22. The molecule has 0 aromatic carbocycles. The molecule has 7 nitrogen and oxygen atoms in total. The number of likely N-dealkylation sites (N-methyl/N-ethyl adjacent to an activating group) is 1. The van der Waals surface area contributed by atoms with Gasteiger partial charge in [0.1, 0.15) is 5.70 Å². The summed E-state index contributed by atoms with van der Waals surface area (Å²) in [6.07, 6.45) is 10.7. The Balaban J connectivity index is 2.27. The largest absolute Gasteiger partial charge is 0.481 e. The molecule has 7 heteroatoms. The van der Waals surface area contributed by atoms with Gasteiger partial charge in [-0.1, -0.05) is 12.2 Å². The number of carbonyl (C=O) groups is 1. The highest BCUT2D eigenvalue weighted by atomic mass is 16.5. The van der Waals surface area contributed by atoms with Crippen LogP contribution in [0.1, 0.15) is 5.69 Å². The van der Waals surface area contributed by atoms with E-state index in [-0.39, 0.29) is 11.9 Å². The first kappa shape index (κ1) is 14.9. The fourth-order valence-corrected chi connectivity index (χ4v) is 2.13. The van der Waals surface area contributed by atoms with E-state index in [1.54, 1.807) is 19.5 Å². The summed E-state index contributed by atoms with van der Waals surface area (Å²) in [4.78, 5) is 17.3. The third-order valence-electron chi connectivity index (χ3n) is 3.21. The first-order valence-corrected chi connectivity index (χ1v) is 6.46. The molecule has 0 fully saturated rings. The second-order valence-corrected chi connectivity index (χ2v) is 4.65. The van der Waals surface area contributed by atoms with Crippen LogP contribution in [0.2, 0.25) is 0 Å². The van der Waals surface area contributed by atoms with E-state index in [2.05, 4.69) is 10.4 Å². The zero-order valence-electron chi connectivity index (χ0n) is 12.3. The van der Waals surface area contributed by atoms with Crippen molar-refractivity contribution in [1.82, 2.24) is 19.9 Å². The monoisotopic (exact) mass is 289 g/mol.